The number of imide groups is 1. The van der Waals surface area contributed by atoms with Crippen LogP contribution in [0, 0.1) is 6.92 Å². The number of aryl methyl sites for hydroxylation is 1. The minimum Gasteiger partial charge on any atom is -0.324 e. The minimum absolute atomic E-state index is 0.166. The summed E-state index contributed by atoms with van der Waals surface area (Å²) < 4.78 is 0. The fourth-order valence-electron chi connectivity index (χ4n) is 3.17. The lowest BCUT2D eigenvalue weighted by Crippen LogP contribution is -2.43. The molecule has 0 aliphatic carbocycles. The Labute approximate surface area is 155 Å². The van der Waals surface area contributed by atoms with E-state index in [0.29, 0.717) is 11.4 Å². The number of para-hydroxylation sites is 1. The van der Waals surface area contributed by atoms with Crippen LogP contribution in [0.4, 0.5) is 11.4 Å². The maximum absolute atomic E-state index is 12.8. The molecule has 1 fully saturated rings. The zero-order valence-corrected chi connectivity index (χ0v) is 14.6. The number of amides is 3. The van der Waals surface area contributed by atoms with Crippen molar-refractivity contribution in [1.82, 2.24) is 5.01 Å². The Kier molecular flexibility index (Phi) is 4.15. The number of hydrogen-bond acceptors (Lipinski definition) is 6. The van der Waals surface area contributed by atoms with Crippen LogP contribution in [0.25, 0.3) is 0 Å². The van der Waals surface area contributed by atoms with Crippen molar-refractivity contribution in [1.29, 1.82) is 0 Å². The van der Waals surface area contributed by atoms with Crippen LogP contribution in [0.15, 0.2) is 64.9 Å². The second-order valence-electron chi connectivity index (χ2n) is 6.45. The third-order valence-corrected chi connectivity index (χ3v) is 4.51. The SMILES string of the molecule is Cc1ccc(NC(=O)CN2N=NC3C(=O)N(c4ccccc4)C(=O)C32)cc1. The van der Waals surface area contributed by atoms with Crippen molar-refractivity contribution in [3.05, 3.63) is 60.2 Å². The van der Waals surface area contributed by atoms with Gasteiger partial charge in [-0.25, -0.2) is 4.90 Å². The van der Waals surface area contributed by atoms with Crippen molar-refractivity contribution in [3.63, 3.8) is 0 Å². The van der Waals surface area contributed by atoms with Crippen molar-refractivity contribution in [2.45, 2.75) is 19.0 Å². The first kappa shape index (κ1) is 16.9. The van der Waals surface area contributed by atoms with E-state index in [9.17, 15) is 14.4 Å². The lowest BCUT2D eigenvalue weighted by Gasteiger charge is -2.20. The predicted octanol–water partition coefficient (Wildman–Crippen LogP) is 1.93. The molecule has 4 rings (SSSR count). The van der Waals surface area contributed by atoms with Gasteiger partial charge in [-0.3, -0.25) is 19.4 Å². The van der Waals surface area contributed by atoms with Gasteiger partial charge in [0.05, 0.1) is 5.69 Å². The molecule has 3 amide bonds. The Hall–Kier alpha value is -3.55. The summed E-state index contributed by atoms with van der Waals surface area (Å²) in [5, 5.41) is 11.8. The van der Waals surface area contributed by atoms with Crippen LogP contribution in [0.1, 0.15) is 5.56 Å². The molecule has 2 heterocycles. The highest BCUT2D eigenvalue weighted by atomic mass is 16.2. The summed E-state index contributed by atoms with van der Waals surface area (Å²) in [5.41, 5.74) is 2.22. The molecular weight excluding hydrogens is 346 g/mol. The molecule has 2 atom stereocenters. The second-order valence-corrected chi connectivity index (χ2v) is 6.45. The minimum atomic E-state index is -0.912. The monoisotopic (exact) mass is 363 g/mol. The Bertz CT molecular complexity index is 926. The summed E-state index contributed by atoms with van der Waals surface area (Å²) >= 11 is 0. The van der Waals surface area contributed by atoms with E-state index in [2.05, 4.69) is 15.7 Å². The Morgan fingerprint density at radius 3 is 2.44 bits per heavy atom. The van der Waals surface area contributed by atoms with Gasteiger partial charge in [0, 0.05) is 5.69 Å². The molecule has 1 saturated heterocycles. The molecule has 0 bridgehead atoms. The van der Waals surface area contributed by atoms with Gasteiger partial charge in [-0.15, -0.1) is 0 Å². The van der Waals surface area contributed by atoms with E-state index in [-0.39, 0.29) is 12.5 Å². The van der Waals surface area contributed by atoms with Crippen molar-refractivity contribution in [2.75, 3.05) is 16.8 Å². The van der Waals surface area contributed by atoms with E-state index in [1.54, 1.807) is 42.5 Å². The molecule has 8 heteroatoms. The second kappa shape index (κ2) is 6.64. The Morgan fingerprint density at radius 2 is 1.74 bits per heavy atom. The highest BCUT2D eigenvalue weighted by molar-refractivity contribution is 6.25. The van der Waals surface area contributed by atoms with Gasteiger partial charge < -0.3 is 5.32 Å². The smallest absolute Gasteiger partial charge is 0.263 e. The van der Waals surface area contributed by atoms with Gasteiger partial charge in [0.1, 0.15) is 6.54 Å². The zero-order chi connectivity index (χ0) is 19.0. The first-order valence-corrected chi connectivity index (χ1v) is 8.51. The van der Waals surface area contributed by atoms with Gasteiger partial charge in [0.2, 0.25) is 5.91 Å². The van der Waals surface area contributed by atoms with Crippen LogP contribution in [-0.4, -0.2) is 41.4 Å². The van der Waals surface area contributed by atoms with Crippen LogP contribution in [0.5, 0.6) is 0 Å². The van der Waals surface area contributed by atoms with Crippen molar-refractivity contribution >= 4 is 29.1 Å². The molecular formula is C19H17N5O3. The number of rotatable bonds is 4. The van der Waals surface area contributed by atoms with Gasteiger partial charge in [-0.2, -0.15) is 5.11 Å². The van der Waals surface area contributed by atoms with E-state index >= 15 is 0 Å². The first-order valence-electron chi connectivity index (χ1n) is 8.51. The van der Waals surface area contributed by atoms with Gasteiger partial charge >= 0.3 is 0 Å². The van der Waals surface area contributed by atoms with Crippen LogP contribution in [0.2, 0.25) is 0 Å². The van der Waals surface area contributed by atoms with E-state index < -0.39 is 23.9 Å². The van der Waals surface area contributed by atoms with Gasteiger partial charge in [-0.1, -0.05) is 41.1 Å². The van der Waals surface area contributed by atoms with Crippen LogP contribution < -0.4 is 10.2 Å². The number of nitrogens with zero attached hydrogens (tertiary/aromatic N) is 4. The lowest BCUT2D eigenvalue weighted by atomic mass is 10.1. The quantitative estimate of drug-likeness (QED) is 0.840. The number of benzene rings is 2. The molecule has 1 N–H and O–H groups in total. The molecule has 0 saturated carbocycles. The zero-order valence-electron chi connectivity index (χ0n) is 14.6. The van der Waals surface area contributed by atoms with Crippen molar-refractivity contribution < 1.29 is 14.4 Å². The molecule has 2 aromatic carbocycles. The highest BCUT2D eigenvalue weighted by Crippen LogP contribution is 2.31. The summed E-state index contributed by atoms with van der Waals surface area (Å²) in [7, 11) is 0. The fraction of sp³-hybridized carbons (Fsp3) is 0.211. The van der Waals surface area contributed by atoms with Crippen LogP contribution >= 0.6 is 0 Å². The molecule has 0 radical (unpaired) electrons. The summed E-state index contributed by atoms with van der Waals surface area (Å²) in [6.45, 7) is 1.79. The maximum Gasteiger partial charge on any atom is 0.263 e. The van der Waals surface area contributed by atoms with E-state index in [1.807, 2.05) is 19.1 Å². The molecule has 0 aromatic heterocycles. The van der Waals surface area contributed by atoms with Gasteiger partial charge in [0.25, 0.3) is 11.8 Å². The predicted molar refractivity (Wildman–Crippen MR) is 97.9 cm³/mol. The number of fused-ring (bicyclic) bond motifs is 1. The topological polar surface area (TPSA) is 94.4 Å². The molecule has 27 heavy (non-hydrogen) atoms. The van der Waals surface area contributed by atoms with Crippen molar-refractivity contribution in [3.8, 4) is 0 Å². The summed E-state index contributed by atoms with van der Waals surface area (Å²) in [5.74, 6) is -1.19. The molecule has 0 spiro atoms. The van der Waals surface area contributed by atoms with E-state index in [1.165, 1.54) is 5.01 Å². The molecule has 2 aliphatic heterocycles. The number of nitrogens with one attached hydrogen (secondary N) is 1. The normalized spacial score (nSPS) is 20.9. The first-order chi connectivity index (χ1) is 13.0. The highest BCUT2D eigenvalue weighted by Gasteiger charge is 2.55. The number of carbonyl (C=O) groups is 3. The fourth-order valence-corrected chi connectivity index (χ4v) is 3.17. The lowest BCUT2D eigenvalue weighted by molar-refractivity contribution is -0.123. The summed E-state index contributed by atoms with van der Waals surface area (Å²) in [4.78, 5) is 38.8. The van der Waals surface area contributed by atoms with Crippen LogP contribution in [-0.2, 0) is 14.4 Å². The number of hydrogen-bond donors (Lipinski definition) is 1. The largest absolute Gasteiger partial charge is 0.324 e. The average molecular weight is 363 g/mol. The third-order valence-electron chi connectivity index (χ3n) is 4.51. The Morgan fingerprint density at radius 1 is 1.04 bits per heavy atom. The molecule has 2 aliphatic rings. The van der Waals surface area contributed by atoms with Crippen molar-refractivity contribution in [2.24, 2.45) is 10.3 Å². The van der Waals surface area contributed by atoms with E-state index in [0.717, 1.165) is 10.5 Å². The molecule has 136 valence electrons. The van der Waals surface area contributed by atoms with Crippen LogP contribution in [0.3, 0.4) is 0 Å². The summed E-state index contributed by atoms with van der Waals surface area (Å²) in [6, 6.07) is 14.2. The van der Waals surface area contributed by atoms with Gasteiger partial charge in [-0.05, 0) is 31.2 Å². The van der Waals surface area contributed by atoms with Gasteiger partial charge in [0.15, 0.2) is 12.1 Å². The average Bonchev–Trinajstić information content (AvgIpc) is 3.18. The standard InChI is InChI=1S/C19H17N5O3/c1-12-7-9-13(10-8-12)20-15(25)11-23-17-16(21-22-23)18(26)24(19(17)27)14-5-3-2-4-6-14/h2-10,16-17H,11H2,1H3,(H,20,25). The number of anilines is 2. The summed E-state index contributed by atoms with van der Waals surface area (Å²) in [6.07, 6.45) is 0. The number of carbonyl (C=O) groups excluding carboxylic acids is 3. The van der Waals surface area contributed by atoms with E-state index in [4.69, 9.17) is 0 Å². The molecule has 2 unspecified atom stereocenters. The molecule has 2 aromatic rings. The third kappa shape index (κ3) is 3.05. The maximum atomic E-state index is 12.8. The molecule has 8 nitrogen and oxygen atoms in total. The Balaban J connectivity index is 1.47.